The zero-order chi connectivity index (χ0) is 23.3. The van der Waals surface area contributed by atoms with Crippen molar-refractivity contribution in [3.63, 3.8) is 0 Å². The van der Waals surface area contributed by atoms with Crippen molar-refractivity contribution in [3.8, 4) is 11.5 Å². The molecule has 0 spiro atoms. The molecule has 3 rings (SSSR count). The van der Waals surface area contributed by atoms with Gasteiger partial charge in [-0.3, -0.25) is 9.78 Å². The number of hydrogen-bond acceptors (Lipinski definition) is 4. The van der Waals surface area contributed by atoms with Crippen LogP contribution in [0.2, 0.25) is 5.02 Å². The highest BCUT2D eigenvalue weighted by Crippen LogP contribution is 2.34. The average molecular weight is 465 g/mol. The standard InChI is InChI=1S/C21H16ClF3N4O3/c1-26-19(30)18-11-15(8-9-27-18)32-14-5-3-13(4-6-14)28-20(31)29-17-10-12(21(23,24)25)2-7-16(17)22/h2-11H,1H3,(H,26,30)(H2,28,29,31). The van der Waals surface area contributed by atoms with Gasteiger partial charge < -0.3 is 20.7 Å². The van der Waals surface area contributed by atoms with E-state index in [4.69, 9.17) is 16.3 Å². The van der Waals surface area contributed by atoms with Gasteiger partial charge in [0.05, 0.1) is 16.3 Å². The van der Waals surface area contributed by atoms with Crippen molar-refractivity contribution in [1.29, 1.82) is 0 Å². The van der Waals surface area contributed by atoms with E-state index in [0.29, 0.717) is 17.2 Å². The number of urea groups is 1. The third-order valence-electron chi connectivity index (χ3n) is 4.08. The minimum Gasteiger partial charge on any atom is -0.457 e. The van der Waals surface area contributed by atoms with Gasteiger partial charge in [-0.2, -0.15) is 13.2 Å². The number of halogens is 4. The van der Waals surface area contributed by atoms with Crippen LogP contribution in [-0.4, -0.2) is 24.0 Å². The summed E-state index contributed by atoms with van der Waals surface area (Å²) >= 11 is 5.88. The normalized spacial score (nSPS) is 10.9. The average Bonchev–Trinajstić information content (AvgIpc) is 2.75. The fourth-order valence-electron chi connectivity index (χ4n) is 2.55. The Morgan fingerprint density at radius 2 is 1.69 bits per heavy atom. The molecule has 0 aliphatic heterocycles. The third kappa shape index (κ3) is 5.88. The Balaban J connectivity index is 1.64. The van der Waals surface area contributed by atoms with Crippen LogP contribution in [0.15, 0.2) is 60.8 Å². The first-order chi connectivity index (χ1) is 15.2. The van der Waals surface area contributed by atoms with Crippen LogP contribution >= 0.6 is 11.6 Å². The number of alkyl halides is 3. The maximum Gasteiger partial charge on any atom is 0.416 e. The fourth-order valence-corrected chi connectivity index (χ4v) is 2.72. The molecule has 3 N–H and O–H groups in total. The minimum absolute atomic E-state index is 0.0367. The van der Waals surface area contributed by atoms with E-state index < -0.39 is 17.8 Å². The molecule has 0 aliphatic carbocycles. The number of amides is 3. The molecule has 0 saturated heterocycles. The third-order valence-corrected chi connectivity index (χ3v) is 4.41. The summed E-state index contributed by atoms with van der Waals surface area (Å²) in [5.74, 6) is 0.448. The number of hydrogen-bond donors (Lipinski definition) is 3. The molecule has 2 aromatic carbocycles. The quantitative estimate of drug-likeness (QED) is 0.461. The van der Waals surface area contributed by atoms with Crippen LogP contribution in [0.1, 0.15) is 16.1 Å². The fraction of sp³-hybridized carbons (Fsp3) is 0.0952. The summed E-state index contributed by atoms with van der Waals surface area (Å²) in [7, 11) is 1.49. The Bertz CT molecular complexity index is 1140. The number of pyridine rings is 1. The molecule has 0 fully saturated rings. The Kier molecular flexibility index (Phi) is 6.84. The first kappa shape index (κ1) is 22.9. The highest BCUT2D eigenvalue weighted by atomic mass is 35.5. The topological polar surface area (TPSA) is 92.4 Å². The second-order valence-corrected chi connectivity index (χ2v) is 6.76. The van der Waals surface area contributed by atoms with Gasteiger partial charge in [-0.05, 0) is 48.5 Å². The molecule has 0 radical (unpaired) electrons. The second kappa shape index (κ2) is 9.56. The molecule has 3 amide bonds. The minimum atomic E-state index is -4.57. The number of carbonyl (C=O) groups is 2. The summed E-state index contributed by atoms with van der Waals surface area (Å²) < 4.78 is 44.2. The first-order valence-corrected chi connectivity index (χ1v) is 9.44. The predicted molar refractivity (Wildman–Crippen MR) is 113 cm³/mol. The van der Waals surface area contributed by atoms with E-state index in [1.165, 1.54) is 31.4 Å². The molecule has 0 atom stereocenters. The second-order valence-electron chi connectivity index (χ2n) is 6.35. The summed E-state index contributed by atoms with van der Waals surface area (Å²) in [5, 5.41) is 7.21. The lowest BCUT2D eigenvalue weighted by atomic mass is 10.2. The number of rotatable bonds is 5. The van der Waals surface area contributed by atoms with E-state index in [1.807, 2.05) is 0 Å². The number of nitrogens with zero attached hydrogens (tertiary/aromatic N) is 1. The number of ether oxygens (including phenoxy) is 1. The molecule has 1 aromatic heterocycles. The molecule has 32 heavy (non-hydrogen) atoms. The summed E-state index contributed by atoms with van der Waals surface area (Å²) in [6.45, 7) is 0. The molecular weight excluding hydrogens is 449 g/mol. The first-order valence-electron chi connectivity index (χ1n) is 9.06. The van der Waals surface area contributed by atoms with Crippen molar-refractivity contribution in [2.45, 2.75) is 6.18 Å². The molecule has 166 valence electrons. The lowest BCUT2D eigenvalue weighted by molar-refractivity contribution is -0.137. The molecule has 7 nitrogen and oxygen atoms in total. The summed E-state index contributed by atoms with van der Waals surface area (Å²) in [6.07, 6.45) is -3.14. The highest BCUT2D eigenvalue weighted by Gasteiger charge is 2.31. The van der Waals surface area contributed by atoms with Crippen molar-refractivity contribution < 1.29 is 27.5 Å². The van der Waals surface area contributed by atoms with Crippen LogP contribution in [-0.2, 0) is 6.18 Å². The van der Waals surface area contributed by atoms with Gasteiger partial charge in [-0.25, -0.2) is 4.79 Å². The SMILES string of the molecule is CNC(=O)c1cc(Oc2ccc(NC(=O)Nc3cc(C(F)(F)F)ccc3Cl)cc2)ccn1. The van der Waals surface area contributed by atoms with Crippen LogP contribution in [0.4, 0.5) is 29.3 Å². The number of benzene rings is 2. The molecule has 11 heteroatoms. The monoisotopic (exact) mass is 464 g/mol. The largest absolute Gasteiger partial charge is 0.457 e. The number of nitrogens with one attached hydrogen (secondary N) is 3. The molecule has 3 aromatic rings. The Labute approximate surface area is 185 Å². The zero-order valence-electron chi connectivity index (χ0n) is 16.5. The van der Waals surface area contributed by atoms with Crippen LogP contribution in [0, 0.1) is 0 Å². The van der Waals surface area contributed by atoms with Crippen molar-refractivity contribution >= 4 is 34.9 Å². The van der Waals surface area contributed by atoms with E-state index in [2.05, 4.69) is 20.9 Å². The maximum absolute atomic E-state index is 12.9. The van der Waals surface area contributed by atoms with Gasteiger partial charge in [-0.1, -0.05) is 11.6 Å². The van der Waals surface area contributed by atoms with E-state index in [-0.39, 0.29) is 22.3 Å². The predicted octanol–water partition coefficient (Wildman–Crippen LogP) is 5.55. The smallest absolute Gasteiger partial charge is 0.416 e. The van der Waals surface area contributed by atoms with Gasteiger partial charge in [0, 0.05) is 25.0 Å². The van der Waals surface area contributed by atoms with E-state index in [9.17, 15) is 22.8 Å². The number of aromatic nitrogens is 1. The van der Waals surface area contributed by atoms with Crippen molar-refractivity contribution in [3.05, 3.63) is 77.1 Å². The van der Waals surface area contributed by atoms with E-state index >= 15 is 0 Å². The summed E-state index contributed by atoms with van der Waals surface area (Å²) in [4.78, 5) is 27.7. The molecule has 0 unspecified atom stereocenters. The van der Waals surface area contributed by atoms with Gasteiger partial charge in [0.2, 0.25) is 0 Å². The maximum atomic E-state index is 12.9. The van der Waals surface area contributed by atoms with Gasteiger partial charge in [-0.15, -0.1) is 0 Å². The van der Waals surface area contributed by atoms with Crippen molar-refractivity contribution in [2.24, 2.45) is 0 Å². The molecule has 0 aliphatic rings. The zero-order valence-corrected chi connectivity index (χ0v) is 17.2. The van der Waals surface area contributed by atoms with Gasteiger partial charge in [0.1, 0.15) is 17.2 Å². The lowest BCUT2D eigenvalue weighted by Crippen LogP contribution is -2.20. The lowest BCUT2D eigenvalue weighted by Gasteiger charge is -2.13. The molecular formula is C21H16ClF3N4O3. The van der Waals surface area contributed by atoms with Gasteiger partial charge in [0.15, 0.2) is 0 Å². The molecule has 1 heterocycles. The Hall–Kier alpha value is -3.79. The Morgan fingerprint density at radius 1 is 0.969 bits per heavy atom. The van der Waals surface area contributed by atoms with Crippen molar-refractivity contribution in [1.82, 2.24) is 10.3 Å². The van der Waals surface area contributed by atoms with Gasteiger partial charge >= 0.3 is 12.2 Å². The highest BCUT2D eigenvalue weighted by molar-refractivity contribution is 6.33. The number of anilines is 2. The Morgan fingerprint density at radius 3 is 2.34 bits per heavy atom. The van der Waals surface area contributed by atoms with Crippen LogP contribution in [0.25, 0.3) is 0 Å². The van der Waals surface area contributed by atoms with E-state index in [0.717, 1.165) is 18.2 Å². The summed E-state index contributed by atoms with van der Waals surface area (Å²) in [6, 6.07) is 11.1. The van der Waals surface area contributed by atoms with Gasteiger partial charge in [0.25, 0.3) is 5.91 Å². The van der Waals surface area contributed by atoms with Crippen LogP contribution in [0.5, 0.6) is 11.5 Å². The van der Waals surface area contributed by atoms with Crippen molar-refractivity contribution in [2.75, 3.05) is 17.7 Å². The van der Waals surface area contributed by atoms with Crippen LogP contribution in [0.3, 0.4) is 0 Å². The molecule has 0 bridgehead atoms. The number of carbonyl (C=O) groups excluding carboxylic acids is 2. The van der Waals surface area contributed by atoms with Crippen LogP contribution < -0.4 is 20.7 Å². The van der Waals surface area contributed by atoms with E-state index in [1.54, 1.807) is 18.2 Å². The summed E-state index contributed by atoms with van der Waals surface area (Å²) in [5.41, 5.74) is -0.565. The molecule has 0 saturated carbocycles.